The van der Waals surface area contributed by atoms with Crippen molar-refractivity contribution >= 4 is 33.3 Å². The van der Waals surface area contributed by atoms with E-state index in [2.05, 4.69) is 151 Å². The average molecular weight is 581 g/mol. The zero-order chi connectivity index (χ0) is 30.3. The quantitative estimate of drug-likeness (QED) is 0.208. The SMILES string of the molecule is CN(C)c1ccc(N2C=CC(=Cc3cc[n+](-c4ccc(N(C)C)cc4)cc3)C=C2)cc1.Cc1ccc(S(=O)(=O)[O-])cc1. The van der Waals surface area contributed by atoms with Gasteiger partial charge in [0, 0.05) is 81.9 Å². The van der Waals surface area contributed by atoms with Gasteiger partial charge in [0.2, 0.25) is 5.69 Å². The molecule has 0 N–H and O–H groups in total. The van der Waals surface area contributed by atoms with E-state index in [1.165, 1.54) is 34.6 Å². The molecule has 0 bridgehead atoms. The van der Waals surface area contributed by atoms with Crippen molar-refractivity contribution in [2.45, 2.75) is 11.8 Å². The maximum atomic E-state index is 10.4. The Morgan fingerprint density at radius 2 is 1.21 bits per heavy atom. The molecule has 3 aromatic carbocycles. The lowest BCUT2D eigenvalue weighted by molar-refractivity contribution is -0.595. The second kappa shape index (κ2) is 13.3. The van der Waals surface area contributed by atoms with Crippen molar-refractivity contribution in [3.63, 3.8) is 0 Å². The Labute approximate surface area is 249 Å². The van der Waals surface area contributed by atoms with E-state index >= 15 is 0 Å². The van der Waals surface area contributed by atoms with E-state index in [1.54, 1.807) is 12.1 Å². The third-order valence-corrected chi connectivity index (χ3v) is 7.53. The summed E-state index contributed by atoms with van der Waals surface area (Å²) in [6, 6.07) is 27.2. The molecule has 42 heavy (non-hydrogen) atoms. The summed E-state index contributed by atoms with van der Waals surface area (Å²) in [6.45, 7) is 1.82. The van der Waals surface area contributed by atoms with Gasteiger partial charge in [0.1, 0.15) is 10.1 Å². The van der Waals surface area contributed by atoms with Crippen LogP contribution < -0.4 is 19.3 Å². The summed E-state index contributed by atoms with van der Waals surface area (Å²) in [5, 5.41) is 0. The number of hydrogen-bond donors (Lipinski definition) is 0. The fraction of sp³-hybridized carbons (Fsp3) is 0.147. The van der Waals surface area contributed by atoms with Crippen LogP contribution in [-0.2, 0) is 10.1 Å². The molecule has 0 saturated carbocycles. The maximum Gasteiger partial charge on any atom is 0.210 e. The van der Waals surface area contributed by atoms with Gasteiger partial charge < -0.3 is 19.3 Å². The van der Waals surface area contributed by atoms with Gasteiger partial charge in [-0.25, -0.2) is 8.42 Å². The van der Waals surface area contributed by atoms with Crippen molar-refractivity contribution in [1.82, 2.24) is 0 Å². The highest BCUT2D eigenvalue weighted by atomic mass is 32.2. The highest BCUT2D eigenvalue weighted by Crippen LogP contribution is 2.23. The van der Waals surface area contributed by atoms with E-state index in [0.717, 1.165) is 16.9 Å². The Morgan fingerprint density at radius 1 is 0.714 bits per heavy atom. The zero-order valence-electron chi connectivity index (χ0n) is 24.5. The number of anilines is 3. The number of nitrogens with zero attached hydrogens (tertiary/aromatic N) is 4. The molecular formula is C34H36N4O3S. The Hall–Kier alpha value is -4.66. The molecule has 0 atom stereocenters. The fourth-order valence-corrected chi connectivity index (χ4v) is 4.63. The van der Waals surface area contributed by atoms with Crippen molar-refractivity contribution in [2.75, 3.05) is 42.9 Å². The number of pyridine rings is 1. The van der Waals surface area contributed by atoms with Crippen molar-refractivity contribution in [3.05, 3.63) is 139 Å². The summed E-state index contributed by atoms with van der Waals surface area (Å²) in [5.74, 6) is 0. The minimum atomic E-state index is -4.27. The Morgan fingerprint density at radius 3 is 1.69 bits per heavy atom. The van der Waals surface area contributed by atoms with Crippen LogP contribution in [0.3, 0.4) is 0 Å². The monoisotopic (exact) mass is 580 g/mol. The summed E-state index contributed by atoms with van der Waals surface area (Å²) < 4.78 is 33.3. The molecule has 1 aromatic heterocycles. The van der Waals surface area contributed by atoms with E-state index < -0.39 is 10.1 Å². The second-order valence-corrected chi connectivity index (χ2v) is 11.7. The van der Waals surface area contributed by atoms with Gasteiger partial charge in [-0.1, -0.05) is 17.7 Å². The van der Waals surface area contributed by atoms with Gasteiger partial charge in [-0.15, -0.1) is 0 Å². The average Bonchev–Trinajstić information content (AvgIpc) is 2.98. The molecule has 0 fully saturated rings. The van der Waals surface area contributed by atoms with E-state index in [4.69, 9.17) is 0 Å². The number of hydrogen-bond acceptors (Lipinski definition) is 6. The highest BCUT2D eigenvalue weighted by Gasteiger charge is 2.08. The predicted molar refractivity (Wildman–Crippen MR) is 171 cm³/mol. The normalized spacial score (nSPS) is 12.4. The first kappa shape index (κ1) is 30.3. The Balaban J connectivity index is 0.000000310. The van der Waals surface area contributed by atoms with Crippen molar-refractivity contribution in [3.8, 4) is 5.69 Å². The first-order valence-electron chi connectivity index (χ1n) is 13.4. The van der Waals surface area contributed by atoms with E-state index in [1.807, 2.05) is 6.92 Å². The number of rotatable bonds is 6. The lowest BCUT2D eigenvalue weighted by atomic mass is 10.1. The summed E-state index contributed by atoms with van der Waals surface area (Å²) in [5.41, 5.74) is 7.98. The standard InChI is InChI=1S/C27H29N4.C7H8O3S/c1-28(2)24-5-9-26(10-6-24)30-17-13-22(14-18-30)21-23-15-19-31(20-16-23)27-11-7-25(8-12-27)29(3)4;1-6-2-4-7(5-3-6)11(8,9)10/h5-21H,1-4H3;2-5H,1H3,(H,8,9,10)/q+1;/p-1. The summed E-state index contributed by atoms with van der Waals surface area (Å²) in [4.78, 5) is 6.17. The van der Waals surface area contributed by atoms with Crippen LogP contribution in [0.2, 0.25) is 0 Å². The molecule has 0 spiro atoms. The van der Waals surface area contributed by atoms with Crippen molar-refractivity contribution in [1.29, 1.82) is 0 Å². The lowest BCUT2D eigenvalue weighted by Crippen LogP contribution is -2.29. The van der Waals surface area contributed by atoms with Crippen LogP contribution in [0.1, 0.15) is 11.1 Å². The van der Waals surface area contributed by atoms with E-state index in [9.17, 15) is 13.0 Å². The first-order chi connectivity index (χ1) is 20.0. The van der Waals surface area contributed by atoms with Crippen LogP contribution in [0.4, 0.5) is 17.1 Å². The fourth-order valence-electron chi connectivity index (χ4n) is 4.16. The van der Waals surface area contributed by atoms with Crippen LogP contribution >= 0.6 is 0 Å². The molecule has 0 unspecified atom stereocenters. The molecule has 0 amide bonds. The minimum absolute atomic E-state index is 0.178. The summed E-state index contributed by atoms with van der Waals surface area (Å²) in [7, 11) is 3.95. The topological polar surface area (TPSA) is 70.8 Å². The zero-order valence-corrected chi connectivity index (χ0v) is 25.4. The number of aromatic nitrogens is 1. The number of aryl methyl sites for hydroxylation is 1. The second-order valence-electron chi connectivity index (χ2n) is 10.3. The summed E-state index contributed by atoms with van der Waals surface area (Å²) >= 11 is 0. The van der Waals surface area contributed by atoms with Crippen LogP contribution in [-0.4, -0.2) is 41.2 Å². The number of benzene rings is 3. The largest absolute Gasteiger partial charge is 0.744 e. The molecule has 2 heterocycles. The Kier molecular flexibility index (Phi) is 9.62. The molecule has 216 valence electrons. The molecule has 1 aliphatic heterocycles. The van der Waals surface area contributed by atoms with Gasteiger partial charge in [-0.2, -0.15) is 4.57 Å². The highest BCUT2D eigenvalue weighted by molar-refractivity contribution is 7.85. The van der Waals surface area contributed by atoms with Crippen LogP contribution in [0.15, 0.2) is 132 Å². The van der Waals surface area contributed by atoms with Gasteiger partial charge in [0.05, 0.1) is 4.90 Å². The van der Waals surface area contributed by atoms with Gasteiger partial charge in [0.25, 0.3) is 0 Å². The Bertz CT molecular complexity index is 1660. The third-order valence-electron chi connectivity index (χ3n) is 6.68. The molecule has 5 rings (SSSR count). The maximum absolute atomic E-state index is 10.4. The van der Waals surface area contributed by atoms with Crippen molar-refractivity contribution < 1.29 is 17.5 Å². The van der Waals surface area contributed by atoms with E-state index in [-0.39, 0.29) is 4.90 Å². The molecule has 8 heteroatoms. The van der Waals surface area contributed by atoms with Crippen LogP contribution in [0.25, 0.3) is 11.8 Å². The molecule has 4 aromatic rings. The van der Waals surface area contributed by atoms with E-state index in [0.29, 0.717) is 0 Å². The molecular weight excluding hydrogens is 544 g/mol. The predicted octanol–water partition coefficient (Wildman–Crippen LogP) is 5.93. The smallest absolute Gasteiger partial charge is 0.210 e. The summed E-state index contributed by atoms with van der Waals surface area (Å²) in [6.07, 6.45) is 14.9. The van der Waals surface area contributed by atoms with Crippen molar-refractivity contribution in [2.24, 2.45) is 0 Å². The molecule has 0 saturated heterocycles. The molecule has 0 radical (unpaired) electrons. The third kappa shape index (κ3) is 8.19. The van der Waals surface area contributed by atoms with Gasteiger partial charge in [0.15, 0.2) is 12.4 Å². The van der Waals surface area contributed by atoms with Gasteiger partial charge in [-0.3, -0.25) is 0 Å². The lowest BCUT2D eigenvalue weighted by Gasteiger charge is -2.20. The molecule has 7 nitrogen and oxygen atoms in total. The molecule has 1 aliphatic rings. The molecule has 0 aliphatic carbocycles. The number of allylic oxidation sites excluding steroid dienone is 3. The van der Waals surface area contributed by atoms with Crippen LogP contribution in [0.5, 0.6) is 0 Å². The minimum Gasteiger partial charge on any atom is -0.744 e. The van der Waals surface area contributed by atoms with Crippen LogP contribution in [0, 0.1) is 6.92 Å². The first-order valence-corrected chi connectivity index (χ1v) is 14.9. The van der Waals surface area contributed by atoms with Gasteiger partial charge in [-0.05, 0) is 84.8 Å². The van der Waals surface area contributed by atoms with Gasteiger partial charge >= 0.3 is 0 Å².